The zero-order valence-corrected chi connectivity index (χ0v) is 7.90. The largest absolute Gasteiger partial charge is 0.419 e. The zero-order chi connectivity index (χ0) is 10.3. The Bertz CT molecular complexity index is 562. The lowest BCUT2D eigenvalue weighted by Gasteiger charge is -1.95. The number of rotatable bonds is 1. The van der Waals surface area contributed by atoms with Gasteiger partial charge in [-0.15, -0.1) is 0 Å². The molecule has 0 aliphatic heterocycles. The van der Waals surface area contributed by atoms with E-state index in [-0.39, 0.29) is 5.78 Å². The van der Waals surface area contributed by atoms with Crippen LogP contribution in [0.4, 0.5) is 0 Å². The van der Waals surface area contributed by atoms with E-state index in [1.807, 2.05) is 0 Å². The number of hydrogen-bond acceptors (Lipinski definition) is 3. The predicted octanol–water partition coefficient (Wildman–Crippen LogP) is 1.33. The highest BCUT2D eigenvalue weighted by Gasteiger charge is 2.07. The third-order valence-electron chi connectivity index (χ3n) is 2.20. The summed E-state index contributed by atoms with van der Waals surface area (Å²) >= 11 is 0. The van der Waals surface area contributed by atoms with Crippen molar-refractivity contribution in [1.82, 2.24) is 4.57 Å². The number of carbonyl (C=O) groups excluding carboxylic acids is 1. The van der Waals surface area contributed by atoms with Gasteiger partial charge in [-0.25, -0.2) is 4.79 Å². The van der Waals surface area contributed by atoms with Crippen molar-refractivity contribution in [3.8, 4) is 0 Å². The van der Waals surface area contributed by atoms with Gasteiger partial charge in [-0.2, -0.15) is 0 Å². The van der Waals surface area contributed by atoms with Gasteiger partial charge >= 0.3 is 5.76 Å². The van der Waals surface area contributed by atoms with E-state index in [2.05, 4.69) is 0 Å². The molecular weight excluding hydrogens is 182 g/mol. The topological polar surface area (TPSA) is 52.2 Å². The summed E-state index contributed by atoms with van der Waals surface area (Å²) in [6.45, 7) is 1.49. The molecule has 0 N–H and O–H groups in total. The fourth-order valence-corrected chi connectivity index (χ4v) is 1.35. The number of ketones is 1. The smallest absolute Gasteiger partial charge is 0.408 e. The fraction of sp³-hybridized carbons (Fsp3) is 0.200. The first-order valence-corrected chi connectivity index (χ1v) is 4.20. The minimum Gasteiger partial charge on any atom is -0.408 e. The molecule has 4 heteroatoms. The van der Waals surface area contributed by atoms with E-state index >= 15 is 0 Å². The summed E-state index contributed by atoms with van der Waals surface area (Å²) in [7, 11) is 1.61. The Morgan fingerprint density at radius 2 is 2.14 bits per heavy atom. The highest BCUT2D eigenvalue weighted by Crippen LogP contribution is 2.14. The molecule has 2 aromatic rings. The van der Waals surface area contributed by atoms with E-state index < -0.39 is 5.76 Å². The summed E-state index contributed by atoms with van der Waals surface area (Å²) in [6, 6.07) is 4.93. The van der Waals surface area contributed by atoms with Crippen molar-refractivity contribution in [2.24, 2.45) is 7.05 Å². The standard InChI is InChI=1S/C10H9NO3/c1-6(12)7-3-4-9-8(5-7)11(2)10(13)14-9/h3-5H,1-2H3. The van der Waals surface area contributed by atoms with Crippen LogP contribution in [0.3, 0.4) is 0 Å². The number of hydrogen-bond donors (Lipinski definition) is 0. The Labute approximate surface area is 79.8 Å². The molecule has 72 valence electrons. The van der Waals surface area contributed by atoms with Gasteiger partial charge in [-0.1, -0.05) is 0 Å². The first-order chi connectivity index (χ1) is 6.59. The molecule has 0 radical (unpaired) electrons. The number of fused-ring (bicyclic) bond motifs is 1. The van der Waals surface area contributed by atoms with Crippen LogP contribution in [0.25, 0.3) is 11.1 Å². The number of benzene rings is 1. The van der Waals surface area contributed by atoms with Crippen LogP contribution >= 0.6 is 0 Å². The Morgan fingerprint density at radius 1 is 1.43 bits per heavy atom. The monoisotopic (exact) mass is 191 g/mol. The van der Waals surface area contributed by atoms with Crippen LogP contribution in [0.5, 0.6) is 0 Å². The molecule has 1 aromatic heterocycles. The van der Waals surface area contributed by atoms with E-state index in [9.17, 15) is 9.59 Å². The molecule has 0 bridgehead atoms. The number of oxazole rings is 1. The average Bonchev–Trinajstić information content (AvgIpc) is 2.43. The number of aromatic nitrogens is 1. The maximum atomic E-state index is 11.1. The molecular formula is C10H9NO3. The zero-order valence-electron chi connectivity index (χ0n) is 7.90. The van der Waals surface area contributed by atoms with Gasteiger partial charge in [0, 0.05) is 12.6 Å². The third-order valence-corrected chi connectivity index (χ3v) is 2.20. The van der Waals surface area contributed by atoms with Crippen molar-refractivity contribution < 1.29 is 9.21 Å². The van der Waals surface area contributed by atoms with Crippen LogP contribution in [-0.4, -0.2) is 10.4 Å². The first-order valence-electron chi connectivity index (χ1n) is 4.20. The number of aryl methyl sites for hydroxylation is 1. The number of Topliss-reactive ketones (excluding diaryl/α,β-unsaturated/α-hetero) is 1. The van der Waals surface area contributed by atoms with Crippen molar-refractivity contribution in [1.29, 1.82) is 0 Å². The predicted molar refractivity (Wildman–Crippen MR) is 51.5 cm³/mol. The van der Waals surface area contributed by atoms with Crippen LogP contribution in [0, 0.1) is 0 Å². The van der Waals surface area contributed by atoms with Gasteiger partial charge in [0.2, 0.25) is 0 Å². The van der Waals surface area contributed by atoms with Crippen LogP contribution in [0.1, 0.15) is 17.3 Å². The summed E-state index contributed by atoms with van der Waals surface area (Å²) < 4.78 is 6.31. The molecule has 0 spiro atoms. The lowest BCUT2D eigenvalue weighted by Crippen LogP contribution is -2.08. The van der Waals surface area contributed by atoms with Crippen molar-refractivity contribution in [2.75, 3.05) is 0 Å². The summed E-state index contributed by atoms with van der Waals surface area (Å²) in [5.74, 6) is -0.443. The molecule has 4 nitrogen and oxygen atoms in total. The third kappa shape index (κ3) is 1.16. The Balaban J connectivity index is 2.82. The molecule has 0 aliphatic carbocycles. The molecule has 0 amide bonds. The highest BCUT2D eigenvalue weighted by atomic mass is 16.4. The summed E-state index contributed by atoms with van der Waals surface area (Å²) in [5, 5.41) is 0. The van der Waals surface area contributed by atoms with Crippen LogP contribution in [0.2, 0.25) is 0 Å². The molecule has 0 aliphatic rings. The fourth-order valence-electron chi connectivity index (χ4n) is 1.35. The number of nitrogens with zero attached hydrogens (tertiary/aromatic N) is 1. The van der Waals surface area contributed by atoms with Crippen molar-refractivity contribution >= 4 is 16.9 Å². The minimum atomic E-state index is -0.416. The Kier molecular flexibility index (Phi) is 1.77. The van der Waals surface area contributed by atoms with E-state index in [0.717, 1.165) is 0 Å². The second-order valence-corrected chi connectivity index (χ2v) is 3.17. The van der Waals surface area contributed by atoms with Gasteiger partial charge in [0.15, 0.2) is 11.4 Å². The molecule has 0 saturated carbocycles. The quantitative estimate of drug-likeness (QED) is 0.639. The van der Waals surface area contributed by atoms with Crippen molar-refractivity contribution in [2.45, 2.75) is 6.92 Å². The second kappa shape index (κ2) is 2.83. The van der Waals surface area contributed by atoms with Crippen LogP contribution < -0.4 is 5.76 Å². The number of carbonyl (C=O) groups is 1. The molecule has 0 saturated heterocycles. The maximum Gasteiger partial charge on any atom is 0.419 e. The van der Waals surface area contributed by atoms with E-state index in [4.69, 9.17) is 4.42 Å². The minimum absolute atomic E-state index is 0.0273. The molecule has 2 rings (SSSR count). The Hall–Kier alpha value is -1.84. The van der Waals surface area contributed by atoms with Gasteiger partial charge in [0.1, 0.15) is 0 Å². The first kappa shape index (κ1) is 8.74. The molecule has 1 heterocycles. The maximum absolute atomic E-state index is 11.1. The van der Waals surface area contributed by atoms with Gasteiger partial charge in [0.25, 0.3) is 0 Å². The van der Waals surface area contributed by atoms with Gasteiger partial charge in [-0.3, -0.25) is 9.36 Å². The average molecular weight is 191 g/mol. The molecule has 0 unspecified atom stereocenters. The summed E-state index contributed by atoms with van der Waals surface area (Å²) in [4.78, 5) is 22.2. The summed E-state index contributed by atoms with van der Waals surface area (Å²) in [5.41, 5.74) is 1.72. The van der Waals surface area contributed by atoms with Crippen molar-refractivity contribution in [3.63, 3.8) is 0 Å². The van der Waals surface area contributed by atoms with Crippen LogP contribution in [0.15, 0.2) is 27.4 Å². The van der Waals surface area contributed by atoms with E-state index in [1.54, 1.807) is 25.2 Å². The lowest BCUT2D eigenvalue weighted by molar-refractivity contribution is 0.101. The molecule has 1 aromatic carbocycles. The van der Waals surface area contributed by atoms with Gasteiger partial charge in [0.05, 0.1) is 5.52 Å². The lowest BCUT2D eigenvalue weighted by atomic mass is 10.1. The van der Waals surface area contributed by atoms with Crippen LogP contribution in [-0.2, 0) is 7.05 Å². The normalized spacial score (nSPS) is 10.7. The SMILES string of the molecule is CC(=O)c1ccc2oc(=O)n(C)c2c1. The van der Waals surface area contributed by atoms with E-state index in [0.29, 0.717) is 16.7 Å². The van der Waals surface area contributed by atoms with Gasteiger partial charge < -0.3 is 4.42 Å². The van der Waals surface area contributed by atoms with E-state index in [1.165, 1.54) is 11.5 Å². The molecule has 0 atom stereocenters. The second-order valence-electron chi connectivity index (χ2n) is 3.17. The van der Waals surface area contributed by atoms with Gasteiger partial charge in [-0.05, 0) is 25.1 Å². The van der Waals surface area contributed by atoms with Crippen molar-refractivity contribution in [3.05, 3.63) is 34.3 Å². The molecule has 0 fully saturated rings. The Morgan fingerprint density at radius 3 is 2.79 bits per heavy atom. The summed E-state index contributed by atoms with van der Waals surface area (Å²) in [6.07, 6.45) is 0. The molecule has 14 heavy (non-hydrogen) atoms. The highest BCUT2D eigenvalue weighted by molar-refractivity contribution is 5.96.